The number of carboxylic acid groups (broad SMARTS) is 1. The molecule has 0 radical (unpaired) electrons. The summed E-state index contributed by atoms with van der Waals surface area (Å²) in [6.45, 7) is 1.87. The number of hydrogen-bond acceptors (Lipinski definition) is 6. The van der Waals surface area contributed by atoms with Crippen molar-refractivity contribution in [2.45, 2.75) is 19.5 Å². The number of benzene rings is 3. The van der Waals surface area contributed by atoms with E-state index in [0.29, 0.717) is 28.3 Å². The Kier molecular flexibility index (Phi) is 8.60. The summed E-state index contributed by atoms with van der Waals surface area (Å²) in [5, 5.41) is 9.09. The quantitative estimate of drug-likeness (QED) is 0.285. The van der Waals surface area contributed by atoms with Gasteiger partial charge in [-0.1, -0.05) is 90.7 Å². The SMILES string of the molecule is COc1ccc(/C=C2\SC(=S)N(CC(=O)O)C2=O)cc1C(=O)N(Cc1ccccc1)C(C)c1ccccc1. The van der Waals surface area contributed by atoms with Gasteiger partial charge in [0.1, 0.15) is 16.6 Å². The molecule has 38 heavy (non-hydrogen) atoms. The number of thioether (sulfide) groups is 1. The van der Waals surface area contributed by atoms with Crippen LogP contribution in [0.15, 0.2) is 83.8 Å². The van der Waals surface area contributed by atoms with Crippen molar-refractivity contribution < 1.29 is 24.2 Å². The van der Waals surface area contributed by atoms with Crippen molar-refractivity contribution >= 4 is 52.2 Å². The van der Waals surface area contributed by atoms with E-state index < -0.39 is 18.4 Å². The molecule has 1 fully saturated rings. The Hall–Kier alpha value is -3.95. The van der Waals surface area contributed by atoms with Gasteiger partial charge in [-0.15, -0.1) is 0 Å². The molecule has 194 valence electrons. The van der Waals surface area contributed by atoms with Crippen LogP contribution in [0.1, 0.15) is 40.0 Å². The van der Waals surface area contributed by atoms with Crippen molar-refractivity contribution in [3.8, 4) is 5.75 Å². The number of aliphatic carboxylic acids is 1. The number of nitrogens with zero attached hydrogens (tertiary/aromatic N) is 2. The van der Waals surface area contributed by atoms with E-state index in [0.717, 1.165) is 27.8 Å². The topological polar surface area (TPSA) is 87.1 Å². The highest BCUT2D eigenvalue weighted by atomic mass is 32.2. The van der Waals surface area contributed by atoms with E-state index in [2.05, 4.69) is 0 Å². The fourth-order valence-electron chi connectivity index (χ4n) is 4.14. The second-order valence-corrected chi connectivity index (χ2v) is 10.3. The number of carbonyl (C=O) groups excluding carboxylic acids is 2. The van der Waals surface area contributed by atoms with Crippen molar-refractivity contribution in [1.82, 2.24) is 9.80 Å². The van der Waals surface area contributed by atoms with Gasteiger partial charge in [0.2, 0.25) is 0 Å². The van der Waals surface area contributed by atoms with Crippen molar-refractivity contribution in [3.05, 3.63) is 106 Å². The highest BCUT2D eigenvalue weighted by Gasteiger charge is 2.33. The number of ether oxygens (including phenoxy) is 1. The summed E-state index contributed by atoms with van der Waals surface area (Å²) in [6.07, 6.45) is 1.61. The van der Waals surface area contributed by atoms with Gasteiger partial charge in [0, 0.05) is 6.54 Å². The number of rotatable bonds is 9. The van der Waals surface area contributed by atoms with Crippen LogP contribution in [0.25, 0.3) is 6.08 Å². The van der Waals surface area contributed by atoms with E-state index in [1.807, 2.05) is 67.6 Å². The summed E-state index contributed by atoms with van der Waals surface area (Å²) in [5.74, 6) is -1.44. The van der Waals surface area contributed by atoms with E-state index in [9.17, 15) is 14.4 Å². The van der Waals surface area contributed by atoms with Crippen molar-refractivity contribution in [2.24, 2.45) is 0 Å². The second kappa shape index (κ2) is 12.1. The van der Waals surface area contributed by atoms with Crippen LogP contribution in [-0.2, 0) is 16.1 Å². The maximum Gasteiger partial charge on any atom is 0.323 e. The van der Waals surface area contributed by atoms with Crippen LogP contribution in [-0.4, -0.2) is 50.7 Å². The highest BCUT2D eigenvalue weighted by Crippen LogP contribution is 2.34. The van der Waals surface area contributed by atoms with Crippen LogP contribution < -0.4 is 4.74 Å². The number of hydrogen-bond donors (Lipinski definition) is 1. The van der Waals surface area contributed by atoms with Gasteiger partial charge in [-0.3, -0.25) is 19.3 Å². The number of methoxy groups -OCH3 is 1. The van der Waals surface area contributed by atoms with Crippen LogP contribution >= 0.6 is 24.0 Å². The number of carbonyl (C=O) groups is 3. The zero-order chi connectivity index (χ0) is 27.2. The third kappa shape index (κ3) is 6.12. The Labute approximate surface area is 230 Å². The van der Waals surface area contributed by atoms with Crippen molar-refractivity contribution in [3.63, 3.8) is 0 Å². The standard InChI is InChI=1S/C29H26N2O5S2/c1-19(22-11-7-4-8-12-22)30(17-20-9-5-3-6-10-20)27(34)23-15-21(13-14-24(23)36-2)16-25-28(35)31(18-26(32)33)29(37)38-25/h3-16,19H,17-18H2,1-2H3,(H,32,33)/b25-16-. The van der Waals surface area contributed by atoms with Gasteiger partial charge >= 0.3 is 5.97 Å². The molecular formula is C29H26N2O5S2. The van der Waals surface area contributed by atoms with Gasteiger partial charge in [0.25, 0.3) is 11.8 Å². The first kappa shape index (κ1) is 27.1. The molecule has 1 heterocycles. The Morgan fingerprint density at radius 1 is 1.08 bits per heavy atom. The van der Waals surface area contributed by atoms with Gasteiger partial charge in [0.15, 0.2) is 0 Å². The minimum absolute atomic E-state index is 0.180. The predicted molar refractivity (Wildman–Crippen MR) is 152 cm³/mol. The van der Waals surface area contributed by atoms with Crippen LogP contribution in [0.5, 0.6) is 5.75 Å². The molecule has 1 N–H and O–H groups in total. The predicted octanol–water partition coefficient (Wildman–Crippen LogP) is 5.38. The molecule has 1 unspecified atom stereocenters. The van der Waals surface area contributed by atoms with E-state index in [4.69, 9.17) is 22.1 Å². The van der Waals surface area contributed by atoms with Gasteiger partial charge in [-0.05, 0) is 41.8 Å². The Morgan fingerprint density at radius 3 is 2.37 bits per heavy atom. The first-order chi connectivity index (χ1) is 18.3. The molecule has 0 aromatic heterocycles. The van der Waals surface area contributed by atoms with Crippen LogP contribution in [0, 0.1) is 0 Å². The zero-order valence-electron chi connectivity index (χ0n) is 20.9. The van der Waals surface area contributed by atoms with E-state index >= 15 is 0 Å². The minimum atomic E-state index is -1.15. The summed E-state index contributed by atoms with van der Waals surface area (Å²) < 4.78 is 5.72. The Balaban J connectivity index is 1.70. The summed E-state index contributed by atoms with van der Waals surface area (Å²) in [7, 11) is 1.50. The fraction of sp³-hybridized carbons (Fsp3) is 0.172. The average molecular weight is 547 g/mol. The summed E-state index contributed by atoms with van der Waals surface area (Å²) in [5.41, 5.74) is 2.92. The molecule has 7 nitrogen and oxygen atoms in total. The molecule has 0 saturated carbocycles. The summed E-state index contributed by atoms with van der Waals surface area (Å²) in [4.78, 5) is 41.1. The second-order valence-electron chi connectivity index (χ2n) is 8.63. The normalized spacial score (nSPS) is 15.0. The molecule has 3 aromatic rings. The molecule has 2 amide bonds. The molecule has 1 aliphatic rings. The van der Waals surface area contributed by atoms with Gasteiger partial charge in [-0.25, -0.2) is 0 Å². The minimum Gasteiger partial charge on any atom is -0.496 e. The lowest BCUT2D eigenvalue weighted by atomic mass is 10.0. The molecule has 0 bridgehead atoms. The molecule has 1 atom stereocenters. The molecule has 0 spiro atoms. The zero-order valence-corrected chi connectivity index (χ0v) is 22.5. The van der Waals surface area contributed by atoms with Gasteiger partial charge in [0.05, 0.1) is 23.6 Å². The number of thiocarbonyl (C=S) groups is 1. The van der Waals surface area contributed by atoms with Crippen molar-refractivity contribution in [2.75, 3.05) is 13.7 Å². The molecular weight excluding hydrogens is 520 g/mol. The smallest absolute Gasteiger partial charge is 0.323 e. The monoisotopic (exact) mass is 546 g/mol. The largest absolute Gasteiger partial charge is 0.496 e. The maximum atomic E-state index is 14.1. The lowest BCUT2D eigenvalue weighted by Gasteiger charge is -2.30. The van der Waals surface area contributed by atoms with Crippen molar-refractivity contribution in [1.29, 1.82) is 0 Å². The summed E-state index contributed by atoms with van der Waals surface area (Å²) in [6, 6.07) is 24.4. The number of amides is 2. The fourth-order valence-corrected chi connectivity index (χ4v) is 5.39. The third-order valence-corrected chi connectivity index (χ3v) is 7.50. The Morgan fingerprint density at radius 2 is 1.74 bits per heavy atom. The van der Waals surface area contributed by atoms with E-state index in [1.54, 1.807) is 29.2 Å². The average Bonchev–Trinajstić information content (AvgIpc) is 3.18. The molecule has 3 aromatic carbocycles. The van der Waals surface area contributed by atoms with E-state index in [1.165, 1.54) is 7.11 Å². The first-order valence-corrected chi connectivity index (χ1v) is 13.1. The molecule has 0 aliphatic carbocycles. The number of carboxylic acids is 1. The molecule has 1 aliphatic heterocycles. The highest BCUT2D eigenvalue weighted by molar-refractivity contribution is 8.26. The van der Waals surface area contributed by atoms with Gasteiger partial charge in [-0.2, -0.15) is 0 Å². The van der Waals surface area contributed by atoms with E-state index in [-0.39, 0.29) is 16.3 Å². The Bertz CT molecular complexity index is 1390. The lowest BCUT2D eigenvalue weighted by molar-refractivity contribution is -0.140. The van der Waals surface area contributed by atoms with Crippen LogP contribution in [0.2, 0.25) is 0 Å². The molecule has 4 rings (SSSR count). The summed E-state index contributed by atoms with van der Waals surface area (Å²) >= 11 is 6.22. The van der Waals surface area contributed by atoms with Crippen LogP contribution in [0.4, 0.5) is 0 Å². The first-order valence-electron chi connectivity index (χ1n) is 11.8. The molecule has 1 saturated heterocycles. The third-order valence-electron chi connectivity index (χ3n) is 6.12. The lowest BCUT2D eigenvalue weighted by Crippen LogP contribution is -2.33. The van der Waals surface area contributed by atoms with Crippen LogP contribution in [0.3, 0.4) is 0 Å². The molecule has 9 heteroatoms. The van der Waals surface area contributed by atoms with Gasteiger partial charge < -0.3 is 14.7 Å². The maximum absolute atomic E-state index is 14.1.